The standard InChI is InChI=1S/C10H11BrN4O4/c11-7-3-6(1-2-8(7)15(18)19)14-10(17)5-13-9(16)4-12/h1-3H,4-5,12H2,(H,13,16)(H,14,17). The van der Waals surface area contributed by atoms with Gasteiger partial charge in [-0.3, -0.25) is 19.7 Å². The smallest absolute Gasteiger partial charge is 0.283 e. The number of carbonyl (C=O) groups is 2. The van der Waals surface area contributed by atoms with Crippen LogP contribution in [0, 0.1) is 10.1 Å². The minimum absolute atomic E-state index is 0.102. The zero-order valence-corrected chi connectivity index (χ0v) is 11.3. The van der Waals surface area contributed by atoms with E-state index in [4.69, 9.17) is 5.73 Å². The summed E-state index contributed by atoms with van der Waals surface area (Å²) >= 11 is 3.03. The average molecular weight is 331 g/mol. The number of nitrogens with two attached hydrogens (primary N) is 1. The number of carbonyl (C=O) groups excluding carboxylic acids is 2. The van der Waals surface area contributed by atoms with Crippen LogP contribution in [0.1, 0.15) is 0 Å². The summed E-state index contributed by atoms with van der Waals surface area (Å²) in [5.74, 6) is -0.900. The van der Waals surface area contributed by atoms with Gasteiger partial charge < -0.3 is 16.4 Å². The molecule has 1 aromatic carbocycles. The van der Waals surface area contributed by atoms with E-state index >= 15 is 0 Å². The summed E-state index contributed by atoms with van der Waals surface area (Å²) < 4.78 is 0.251. The van der Waals surface area contributed by atoms with Crippen LogP contribution in [0.4, 0.5) is 11.4 Å². The number of benzene rings is 1. The molecule has 0 saturated carbocycles. The quantitative estimate of drug-likeness (QED) is 0.531. The molecule has 0 aliphatic rings. The molecule has 0 heterocycles. The molecule has 1 aromatic rings. The number of rotatable bonds is 5. The van der Waals surface area contributed by atoms with E-state index in [1.54, 1.807) is 0 Å². The zero-order valence-electron chi connectivity index (χ0n) is 9.68. The van der Waals surface area contributed by atoms with E-state index in [2.05, 4.69) is 26.6 Å². The highest BCUT2D eigenvalue weighted by Crippen LogP contribution is 2.27. The number of halogens is 1. The van der Waals surface area contributed by atoms with Crippen LogP contribution in [0.5, 0.6) is 0 Å². The Bertz CT molecular complexity index is 520. The lowest BCUT2D eigenvalue weighted by molar-refractivity contribution is -0.385. The van der Waals surface area contributed by atoms with Gasteiger partial charge in [0.15, 0.2) is 0 Å². The van der Waals surface area contributed by atoms with Crippen molar-refractivity contribution >= 4 is 39.1 Å². The molecule has 4 N–H and O–H groups in total. The fourth-order valence-corrected chi connectivity index (χ4v) is 1.71. The number of anilines is 1. The Hall–Kier alpha value is -2.00. The lowest BCUT2D eigenvalue weighted by atomic mass is 10.3. The second-order valence-electron chi connectivity index (χ2n) is 3.45. The summed E-state index contributed by atoms with van der Waals surface area (Å²) in [6.07, 6.45) is 0. The molecule has 0 aliphatic heterocycles. The Kier molecular flexibility index (Phi) is 5.39. The number of nitrogens with zero attached hydrogens (tertiary/aromatic N) is 1. The van der Waals surface area contributed by atoms with Gasteiger partial charge in [0.25, 0.3) is 5.69 Å². The van der Waals surface area contributed by atoms with Crippen molar-refractivity contribution < 1.29 is 14.5 Å². The zero-order chi connectivity index (χ0) is 14.4. The van der Waals surface area contributed by atoms with E-state index in [1.807, 2.05) is 0 Å². The molecule has 102 valence electrons. The van der Waals surface area contributed by atoms with Gasteiger partial charge in [-0.05, 0) is 28.1 Å². The number of nitrogens with one attached hydrogen (secondary N) is 2. The molecule has 1 rings (SSSR count). The van der Waals surface area contributed by atoms with Gasteiger partial charge in [0.1, 0.15) is 0 Å². The minimum atomic E-state index is -0.544. The van der Waals surface area contributed by atoms with Crippen LogP contribution in [-0.4, -0.2) is 29.8 Å². The van der Waals surface area contributed by atoms with Crippen molar-refractivity contribution in [3.8, 4) is 0 Å². The highest BCUT2D eigenvalue weighted by atomic mass is 79.9. The molecule has 0 bridgehead atoms. The van der Waals surface area contributed by atoms with Crippen molar-refractivity contribution in [1.82, 2.24) is 5.32 Å². The van der Waals surface area contributed by atoms with Crippen LogP contribution < -0.4 is 16.4 Å². The summed E-state index contributed by atoms with van der Waals surface area (Å²) in [6.45, 7) is -0.416. The van der Waals surface area contributed by atoms with Gasteiger partial charge >= 0.3 is 0 Å². The topological polar surface area (TPSA) is 127 Å². The van der Waals surface area contributed by atoms with E-state index in [-0.39, 0.29) is 23.2 Å². The highest BCUT2D eigenvalue weighted by Gasteiger charge is 2.12. The molecule has 19 heavy (non-hydrogen) atoms. The number of nitro groups is 1. The molecule has 0 aliphatic carbocycles. The van der Waals surface area contributed by atoms with E-state index in [1.165, 1.54) is 18.2 Å². The molecular weight excluding hydrogens is 320 g/mol. The molecule has 2 amide bonds. The molecule has 0 radical (unpaired) electrons. The van der Waals surface area contributed by atoms with Gasteiger partial charge in [-0.15, -0.1) is 0 Å². The normalized spacial score (nSPS) is 9.79. The second-order valence-corrected chi connectivity index (χ2v) is 4.31. The first-order valence-corrected chi connectivity index (χ1v) is 5.94. The summed E-state index contributed by atoms with van der Waals surface area (Å²) in [4.78, 5) is 32.3. The van der Waals surface area contributed by atoms with Crippen molar-refractivity contribution in [2.24, 2.45) is 5.73 Å². The van der Waals surface area contributed by atoms with E-state index < -0.39 is 16.7 Å². The van der Waals surface area contributed by atoms with Crippen LogP contribution in [-0.2, 0) is 9.59 Å². The maximum atomic E-state index is 11.4. The molecule has 0 saturated heterocycles. The van der Waals surface area contributed by atoms with Gasteiger partial charge in [0.2, 0.25) is 11.8 Å². The Labute approximate surface area is 116 Å². The van der Waals surface area contributed by atoms with Crippen LogP contribution >= 0.6 is 15.9 Å². The lowest BCUT2D eigenvalue weighted by Crippen LogP contribution is -2.36. The third-order valence-electron chi connectivity index (χ3n) is 2.06. The van der Waals surface area contributed by atoms with Crippen LogP contribution in [0.25, 0.3) is 0 Å². The first-order chi connectivity index (χ1) is 8.93. The van der Waals surface area contributed by atoms with Crippen molar-refractivity contribution in [2.45, 2.75) is 0 Å². The summed E-state index contributed by atoms with van der Waals surface area (Å²) in [7, 11) is 0. The van der Waals surface area contributed by atoms with Gasteiger partial charge in [0.05, 0.1) is 22.5 Å². The Morgan fingerprint density at radius 1 is 1.37 bits per heavy atom. The third-order valence-corrected chi connectivity index (χ3v) is 2.69. The molecule has 0 unspecified atom stereocenters. The molecule has 9 heteroatoms. The predicted octanol–water partition coefficient (Wildman–Crippen LogP) is 0.371. The van der Waals surface area contributed by atoms with Gasteiger partial charge in [-0.25, -0.2) is 0 Å². The number of amides is 2. The molecule has 0 atom stereocenters. The molecule has 0 fully saturated rings. The van der Waals surface area contributed by atoms with Crippen molar-refractivity contribution in [2.75, 3.05) is 18.4 Å². The minimum Gasteiger partial charge on any atom is -0.346 e. The van der Waals surface area contributed by atoms with Gasteiger partial charge in [-0.2, -0.15) is 0 Å². The van der Waals surface area contributed by atoms with E-state index in [9.17, 15) is 19.7 Å². The van der Waals surface area contributed by atoms with E-state index in [0.29, 0.717) is 5.69 Å². The predicted molar refractivity (Wildman–Crippen MR) is 71.5 cm³/mol. The fraction of sp³-hybridized carbons (Fsp3) is 0.200. The third kappa shape index (κ3) is 4.64. The van der Waals surface area contributed by atoms with Crippen molar-refractivity contribution in [3.63, 3.8) is 0 Å². The van der Waals surface area contributed by atoms with Crippen molar-refractivity contribution in [3.05, 3.63) is 32.8 Å². The first kappa shape index (κ1) is 15.1. The molecular formula is C10H11BrN4O4. The van der Waals surface area contributed by atoms with Gasteiger partial charge in [0, 0.05) is 11.8 Å². The molecule has 0 spiro atoms. The second kappa shape index (κ2) is 6.81. The largest absolute Gasteiger partial charge is 0.346 e. The van der Waals surface area contributed by atoms with Crippen LogP contribution in [0.15, 0.2) is 22.7 Å². The summed E-state index contributed by atoms with van der Waals surface area (Å²) in [5.41, 5.74) is 5.34. The van der Waals surface area contributed by atoms with Crippen molar-refractivity contribution in [1.29, 1.82) is 0 Å². The van der Waals surface area contributed by atoms with Gasteiger partial charge in [-0.1, -0.05) is 0 Å². The summed E-state index contributed by atoms with van der Waals surface area (Å²) in [6, 6.07) is 4.06. The maximum absolute atomic E-state index is 11.4. The SMILES string of the molecule is NCC(=O)NCC(=O)Nc1ccc([N+](=O)[O-])c(Br)c1. The Morgan fingerprint density at radius 3 is 2.58 bits per heavy atom. The molecule has 8 nitrogen and oxygen atoms in total. The van der Waals surface area contributed by atoms with Crippen LogP contribution in [0.2, 0.25) is 0 Å². The number of hydrogen-bond acceptors (Lipinski definition) is 5. The fourth-order valence-electron chi connectivity index (χ4n) is 1.19. The van der Waals surface area contributed by atoms with E-state index in [0.717, 1.165) is 0 Å². The Balaban J connectivity index is 2.63. The monoisotopic (exact) mass is 330 g/mol. The molecule has 0 aromatic heterocycles. The van der Waals surface area contributed by atoms with Crippen LogP contribution in [0.3, 0.4) is 0 Å². The summed E-state index contributed by atoms with van der Waals surface area (Å²) in [5, 5.41) is 15.4. The lowest BCUT2D eigenvalue weighted by Gasteiger charge is -2.06. The maximum Gasteiger partial charge on any atom is 0.283 e. The highest BCUT2D eigenvalue weighted by molar-refractivity contribution is 9.10. The Morgan fingerprint density at radius 2 is 2.05 bits per heavy atom. The average Bonchev–Trinajstić information content (AvgIpc) is 2.35. The number of nitro benzene ring substituents is 1. The first-order valence-electron chi connectivity index (χ1n) is 5.14. The number of hydrogen-bond donors (Lipinski definition) is 3.